The van der Waals surface area contributed by atoms with E-state index in [1.54, 1.807) is 23.4 Å². The number of aromatic nitrogens is 4. The second kappa shape index (κ2) is 5.63. The average Bonchev–Trinajstić information content (AvgIpc) is 3.16. The van der Waals surface area contributed by atoms with Gasteiger partial charge < -0.3 is 15.0 Å². The summed E-state index contributed by atoms with van der Waals surface area (Å²) < 4.78 is 0. The molecule has 2 aromatic heterocycles. The molecule has 3 heterocycles. The fourth-order valence-electron chi connectivity index (χ4n) is 3.05. The number of nitrogens with zero attached hydrogens (tertiary/aromatic N) is 3. The lowest BCUT2D eigenvalue weighted by atomic mass is 9.91. The number of likely N-dealkylation sites (tertiary alicyclic amines) is 1. The number of hydrogen-bond acceptors (Lipinski definition) is 4. The van der Waals surface area contributed by atoms with Crippen molar-refractivity contribution in [2.75, 3.05) is 13.1 Å². The number of nitrogens with one attached hydrogen (secondary N) is 2. The number of carboxylic acids is 1. The summed E-state index contributed by atoms with van der Waals surface area (Å²) in [5, 5.41) is 19.5. The van der Waals surface area contributed by atoms with Gasteiger partial charge in [-0.25, -0.2) is 0 Å². The van der Waals surface area contributed by atoms with E-state index in [0.29, 0.717) is 24.3 Å². The van der Waals surface area contributed by atoms with Gasteiger partial charge in [-0.2, -0.15) is 15.4 Å². The topological polar surface area (TPSA) is 115 Å². The maximum absolute atomic E-state index is 12.6. The molecule has 0 aliphatic carbocycles. The van der Waals surface area contributed by atoms with Gasteiger partial charge in [-0.3, -0.25) is 9.59 Å². The highest BCUT2D eigenvalue weighted by Gasteiger charge is 2.39. The van der Waals surface area contributed by atoms with Crippen molar-refractivity contribution in [1.82, 2.24) is 25.3 Å². The zero-order valence-corrected chi connectivity index (χ0v) is 12.1. The quantitative estimate of drug-likeness (QED) is 0.771. The van der Waals surface area contributed by atoms with Crippen LogP contribution in [0.2, 0.25) is 0 Å². The molecule has 22 heavy (non-hydrogen) atoms. The first-order chi connectivity index (χ1) is 10.6. The van der Waals surface area contributed by atoms with Crippen molar-refractivity contribution in [3.8, 4) is 0 Å². The third-order valence-electron chi connectivity index (χ3n) is 4.16. The Balaban J connectivity index is 1.82. The molecule has 8 heteroatoms. The molecule has 1 saturated heterocycles. The molecule has 0 bridgehead atoms. The molecular weight excluding hydrogens is 286 g/mol. The molecule has 3 N–H and O–H groups in total. The first-order valence-electron chi connectivity index (χ1n) is 7.07. The van der Waals surface area contributed by atoms with E-state index in [9.17, 15) is 9.59 Å². The SMILES string of the molecule is Cc1[nH]ccc1C(=O)N1C[C@@H](CC(=O)O)[C@@H](c2cn[nH]n2)C1. The van der Waals surface area contributed by atoms with Crippen LogP contribution in [0.3, 0.4) is 0 Å². The smallest absolute Gasteiger partial charge is 0.303 e. The molecule has 0 radical (unpaired) electrons. The van der Waals surface area contributed by atoms with Gasteiger partial charge in [-0.05, 0) is 18.9 Å². The van der Waals surface area contributed by atoms with E-state index < -0.39 is 5.97 Å². The molecule has 0 unspecified atom stereocenters. The molecule has 3 rings (SSSR count). The molecule has 2 atom stereocenters. The summed E-state index contributed by atoms with van der Waals surface area (Å²) >= 11 is 0. The molecule has 1 fully saturated rings. The average molecular weight is 303 g/mol. The monoisotopic (exact) mass is 303 g/mol. The molecule has 1 amide bonds. The van der Waals surface area contributed by atoms with Gasteiger partial charge in [0.15, 0.2) is 0 Å². The Bertz CT molecular complexity index is 678. The minimum atomic E-state index is -0.870. The zero-order valence-electron chi connectivity index (χ0n) is 12.1. The van der Waals surface area contributed by atoms with Crippen LogP contribution in [0.4, 0.5) is 0 Å². The highest BCUT2D eigenvalue weighted by molar-refractivity contribution is 5.95. The molecule has 0 spiro atoms. The van der Waals surface area contributed by atoms with Crippen LogP contribution in [0.5, 0.6) is 0 Å². The van der Waals surface area contributed by atoms with Gasteiger partial charge in [0.05, 0.1) is 23.9 Å². The number of carbonyl (C=O) groups excluding carboxylic acids is 1. The van der Waals surface area contributed by atoms with E-state index in [-0.39, 0.29) is 24.2 Å². The molecule has 1 aliphatic heterocycles. The van der Waals surface area contributed by atoms with Crippen molar-refractivity contribution in [3.63, 3.8) is 0 Å². The summed E-state index contributed by atoms with van der Waals surface area (Å²) in [4.78, 5) is 28.4. The fourth-order valence-corrected chi connectivity index (χ4v) is 3.05. The number of aliphatic carboxylic acids is 1. The van der Waals surface area contributed by atoms with E-state index in [4.69, 9.17) is 5.11 Å². The third kappa shape index (κ3) is 2.59. The van der Waals surface area contributed by atoms with Crippen molar-refractivity contribution >= 4 is 11.9 Å². The van der Waals surface area contributed by atoms with Crippen LogP contribution in [0.1, 0.15) is 34.1 Å². The number of H-pyrrole nitrogens is 2. The minimum Gasteiger partial charge on any atom is -0.481 e. The second-order valence-electron chi connectivity index (χ2n) is 5.59. The van der Waals surface area contributed by atoms with Gasteiger partial charge in [0.2, 0.25) is 0 Å². The van der Waals surface area contributed by atoms with E-state index in [1.165, 1.54) is 0 Å². The standard InChI is InChI=1S/C14H17N5O3/c1-8-10(2-3-15-8)14(22)19-6-9(4-13(20)21)11(7-19)12-5-16-18-17-12/h2-3,5,9,11,15H,4,6-7H2,1H3,(H,20,21)(H,16,17,18)/t9-,11+/m1/s1. The van der Waals surface area contributed by atoms with E-state index in [2.05, 4.69) is 20.4 Å². The van der Waals surface area contributed by atoms with Crippen molar-refractivity contribution in [3.05, 3.63) is 35.4 Å². The maximum Gasteiger partial charge on any atom is 0.303 e. The minimum absolute atomic E-state index is 0.00737. The first kappa shape index (κ1) is 14.3. The Morgan fingerprint density at radius 3 is 2.86 bits per heavy atom. The van der Waals surface area contributed by atoms with Crippen molar-refractivity contribution in [1.29, 1.82) is 0 Å². The summed E-state index contributed by atoms with van der Waals surface area (Å²) in [7, 11) is 0. The molecule has 1 aliphatic rings. The second-order valence-corrected chi connectivity index (χ2v) is 5.59. The maximum atomic E-state index is 12.6. The van der Waals surface area contributed by atoms with E-state index in [1.807, 2.05) is 6.92 Å². The first-order valence-corrected chi connectivity index (χ1v) is 7.07. The number of amides is 1. The molecule has 116 valence electrons. The zero-order chi connectivity index (χ0) is 15.7. The van der Waals surface area contributed by atoms with Gasteiger partial charge in [-0.1, -0.05) is 0 Å². The highest BCUT2D eigenvalue weighted by Crippen LogP contribution is 2.34. The van der Waals surface area contributed by atoms with Crippen LogP contribution in [-0.2, 0) is 4.79 Å². The Morgan fingerprint density at radius 2 is 2.27 bits per heavy atom. The lowest BCUT2D eigenvalue weighted by molar-refractivity contribution is -0.138. The number of rotatable bonds is 4. The molecule has 8 nitrogen and oxygen atoms in total. The van der Waals surface area contributed by atoms with Crippen LogP contribution in [-0.4, -0.2) is 55.4 Å². The molecular formula is C14H17N5O3. The Morgan fingerprint density at radius 1 is 1.45 bits per heavy atom. The Hall–Kier alpha value is -2.64. The van der Waals surface area contributed by atoms with Crippen LogP contribution >= 0.6 is 0 Å². The molecule has 0 aromatic carbocycles. The van der Waals surface area contributed by atoms with Gasteiger partial charge in [-0.15, -0.1) is 0 Å². The lowest BCUT2D eigenvalue weighted by Gasteiger charge is -2.15. The highest BCUT2D eigenvalue weighted by atomic mass is 16.4. The summed E-state index contributed by atoms with van der Waals surface area (Å²) in [5.74, 6) is -1.23. The molecule has 0 saturated carbocycles. The summed E-state index contributed by atoms with van der Waals surface area (Å²) in [6.07, 6.45) is 3.32. The summed E-state index contributed by atoms with van der Waals surface area (Å²) in [5.41, 5.74) is 2.13. The summed E-state index contributed by atoms with van der Waals surface area (Å²) in [6.45, 7) is 2.70. The largest absolute Gasteiger partial charge is 0.481 e. The number of carbonyl (C=O) groups is 2. The van der Waals surface area contributed by atoms with E-state index >= 15 is 0 Å². The third-order valence-corrected chi connectivity index (χ3v) is 4.16. The van der Waals surface area contributed by atoms with E-state index in [0.717, 1.165) is 5.69 Å². The molecule has 2 aromatic rings. The fraction of sp³-hybridized carbons (Fsp3) is 0.429. The predicted octanol–water partition coefficient (Wildman–Crippen LogP) is 0.772. The van der Waals surface area contributed by atoms with Crippen molar-refractivity contribution < 1.29 is 14.7 Å². The van der Waals surface area contributed by atoms with Crippen LogP contribution in [0.25, 0.3) is 0 Å². The normalized spacial score (nSPS) is 21.2. The summed E-state index contributed by atoms with van der Waals surface area (Å²) in [6, 6.07) is 1.74. The Labute approximate surface area is 126 Å². The predicted molar refractivity (Wildman–Crippen MR) is 76.3 cm³/mol. The van der Waals surface area contributed by atoms with Gasteiger partial charge >= 0.3 is 5.97 Å². The van der Waals surface area contributed by atoms with Crippen LogP contribution < -0.4 is 0 Å². The van der Waals surface area contributed by atoms with Crippen molar-refractivity contribution in [2.24, 2.45) is 5.92 Å². The van der Waals surface area contributed by atoms with Gasteiger partial charge in [0.25, 0.3) is 5.91 Å². The number of aromatic amines is 2. The van der Waals surface area contributed by atoms with Gasteiger partial charge in [0, 0.05) is 30.9 Å². The lowest BCUT2D eigenvalue weighted by Crippen LogP contribution is -2.29. The van der Waals surface area contributed by atoms with Crippen LogP contribution in [0.15, 0.2) is 18.5 Å². The van der Waals surface area contributed by atoms with Gasteiger partial charge in [0.1, 0.15) is 0 Å². The van der Waals surface area contributed by atoms with Crippen LogP contribution in [0, 0.1) is 12.8 Å². The number of aryl methyl sites for hydroxylation is 1. The number of hydrogen-bond donors (Lipinski definition) is 3. The Kier molecular flexibility index (Phi) is 3.66. The van der Waals surface area contributed by atoms with Crippen molar-refractivity contribution in [2.45, 2.75) is 19.3 Å². The number of carboxylic acid groups (broad SMARTS) is 1.